The minimum Gasteiger partial charge on any atom is -0.497 e. The number of fused-ring (bicyclic) bond motifs is 1. The Morgan fingerprint density at radius 3 is 2.47 bits per heavy atom. The van der Waals surface area contributed by atoms with Gasteiger partial charge in [-0.1, -0.05) is 13.0 Å². The summed E-state index contributed by atoms with van der Waals surface area (Å²) in [4.78, 5) is 31.6. The molecular weight excluding hydrogens is 406 g/mol. The number of nitrogens with zero attached hydrogens (tertiary/aromatic N) is 3. The van der Waals surface area contributed by atoms with Gasteiger partial charge < -0.3 is 19.3 Å². The molecular formula is C25H39N3O4. The number of hydrogen-bond donors (Lipinski definition) is 0. The van der Waals surface area contributed by atoms with Crippen molar-refractivity contribution < 1.29 is 19.1 Å². The van der Waals surface area contributed by atoms with Crippen LogP contribution in [-0.2, 0) is 22.4 Å². The van der Waals surface area contributed by atoms with Crippen LogP contribution in [0.25, 0.3) is 0 Å². The molecule has 0 N–H and O–H groups in total. The first-order chi connectivity index (χ1) is 15.2. The van der Waals surface area contributed by atoms with Crippen LogP contribution in [0.5, 0.6) is 5.75 Å². The van der Waals surface area contributed by atoms with Crippen LogP contribution in [0.3, 0.4) is 0 Å². The number of ether oxygens (including phenoxy) is 2. The maximum atomic E-state index is 13.3. The lowest BCUT2D eigenvalue weighted by atomic mass is 9.87. The van der Waals surface area contributed by atoms with Gasteiger partial charge in [0.15, 0.2) is 0 Å². The number of hydrogen-bond acceptors (Lipinski definition) is 5. The largest absolute Gasteiger partial charge is 0.497 e. The van der Waals surface area contributed by atoms with Gasteiger partial charge >= 0.3 is 6.09 Å². The summed E-state index contributed by atoms with van der Waals surface area (Å²) in [7, 11) is 1.69. The summed E-state index contributed by atoms with van der Waals surface area (Å²) in [6.45, 7) is 11.5. The van der Waals surface area contributed by atoms with Gasteiger partial charge in [-0.3, -0.25) is 9.69 Å². The highest BCUT2D eigenvalue weighted by atomic mass is 16.6. The molecule has 0 spiro atoms. The minimum atomic E-state index is -0.493. The number of aryl methyl sites for hydroxylation is 1. The number of rotatable bonds is 6. The Bertz CT molecular complexity index is 797. The van der Waals surface area contributed by atoms with E-state index in [0.717, 1.165) is 38.0 Å². The van der Waals surface area contributed by atoms with E-state index in [1.807, 2.05) is 26.8 Å². The highest BCUT2D eigenvalue weighted by Crippen LogP contribution is 2.28. The topological polar surface area (TPSA) is 62.3 Å². The van der Waals surface area contributed by atoms with Crippen molar-refractivity contribution in [3.8, 4) is 5.75 Å². The predicted molar refractivity (Wildman–Crippen MR) is 125 cm³/mol. The SMILES string of the molecule is CCCN(C(=O)CN1CCN(C(=O)OC(C)(C)C)CC1)C1CCc2ccc(OC)cc2C1. The number of benzene rings is 1. The zero-order valence-electron chi connectivity index (χ0n) is 20.4. The van der Waals surface area contributed by atoms with Crippen molar-refractivity contribution in [1.29, 1.82) is 0 Å². The van der Waals surface area contributed by atoms with E-state index in [0.29, 0.717) is 32.7 Å². The van der Waals surface area contributed by atoms with Gasteiger partial charge in [0.2, 0.25) is 5.91 Å². The molecule has 7 nitrogen and oxygen atoms in total. The fourth-order valence-corrected chi connectivity index (χ4v) is 4.56. The maximum absolute atomic E-state index is 13.3. The molecule has 2 aliphatic rings. The first-order valence-corrected chi connectivity index (χ1v) is 11.9. The van der Waals surface area contributed by atoms with Gasteiger partial charge in [-0.15, -0.1) is 0 Å². The predicted octanol–water partition coefficient (Wildman–Crippen LogP) is 3.34. The highest BCUT2D eigenvalue weighted by molar-refractivity contribution is 5.79. The molecule has 1 aromatic carbocycles. The number of methoxy groups -OCH3 is 1. The quantitative estimate of drug-likeness (QED) is 0.672. The summed E-state index contributed by atoms with van der Waals surface area (Å²) in [5, 5.41) is 0. The normalized spacial score (nSPS) is 19.3. The standard InChI is InChI=1S/C25H39N3O4/c1-6-11-28(21-9-7-19-8-10-22(31-5)17-20(19)16-21)23(29)18-26-12-14-27(15-13-26)24(30)32-25(2,3)4/h8,10,17,21H,6-7,9,11-16,18H2,1-5H3. The van der Waals surface area contributed by atoms with E-state index in [2.05, 4.69) is 28.9 Å². The molecule has 3 rings (SSSR count). The maximum Gasteiger partial charge on any atom is 0.410 e. The summed E-state index contributed by atoms with van der Waals surface area (Å²) in [5.41, 5.74) is 2.16. The van der Waals surface area contributed by atoms with E-state index >= 15 is 0 Å². The van der Waals surface area contributed by atoms with Crippen molar-refractivity contribution >= 4 is 12.0 Å². The molecule has 0 bridgehead atoms. The Morgan fingerprint density at radius 2 is 1.84 bits per heavy atom. The van der Waals surface area contributed by atoms with Gasteiger partial charge in [0.05, 0.1) is 13.7 Å². The molecule has 1 aliphatic carbocycles. The molecule has 0 radical (unpaired) electrons. The minimum absolute atomic E-state index is 0.189. The lowest BCUT2D eigenvalue weighted by molar-refractivity contribution is -0.135. The third kappa shape index (κ3) is 6.37. The smallest absolute Gasteiger partial charge is 0.410 e. The van der Waals surface area contributed by atoms with Gasteiger partial charge in [-0.25, -0.2) is 4.79 Å². The van der Waals surface area contributed by atoms with Crippen LogP contribution in [0, 0.1) is 0 Å². The second-order valence-electron chi connectivity index (χ2n) is 9.86. The van der Waals surface area contributed by atoms with Gasteiger partial charge in [0.1, 0.15) is 11.4 Å². The zero-order valence-corrected chi connectivity index (χ0v) is 20.4. The third-order valence-electron chi connectivity index (χ3n) is 6.22. The lowest BCUT2D eigenvalue weighted by Crippen LogP contribution is -2.54. The molecule has 32 heavy (non-hydrogen) atoms. The summed E-state index contributed by atoms with van der Waals surface area (Å²) in [5.74, 6) is 1.06. The highest BCUT2D eigenvalue weighted by Gasteiger charge is 2.30. The Labute approximate surface area is 192 Å². The Balaban J connectivity index is 1.56. The molecule has 1 aliphatic heterocycles. The third-order valence-corrected chi connectivity index (χ3v) is 6.22. The van der Waals surface area contributed by atoms with Crippen LogP contribution in [0.1, 0.15) is 51.7 Å². The van der Waals surface area contributed by atoms with E-state index in [1.54, 1.807) is 12.0 Å². The van der Waals surface area contributed by atoms with Gasteiger partial charge in [-0.05, 0) is 69.7 Å². The second-order valence-corrected chi connectivity index (χ2v) is 9.86. The van der Waals surface area contributed by atoms with Crippen LogP contribution < -0.4 is 4.74 Å². The van der Waals surface area contributed by atoms with E-state index in [-0.39, 0.29) is 18.0 Å². The summed E-state index contributed by atoms with van der Waals surface area (Å²) in [6.07, 6.45) is 3.54. The van der Waals surface area contributed by atoms with Crippen molar-refractivity contribution in [3.05, 3.63) is 29.3 Å². The molecule has 0 saturated carbocycles. The number of amides is 2. The first kappa shape index (κ1) is 24.4. The monoisotopic (exact) mass is 445 g/mol. The van der Waals surface area contributed by atoms with Crippen molar-refractivity contribution in [2.24, 2.45) is 0 Å². The van der Waals surface area contributed by atoms with Crippen LogP contribution in [0.15, 0.2) is 18.2 Å². The van der Waals surface area contributed by atoms with Crippen LogP contribution >= 0.6 is 0 Å². The Kier molecular flexibility index (Phi) is 8.04. The Hall–Kier alpha value is -2.28. The van der Waals surface area contributed by atoms with Gasteiger partial charge in [-0.2, -0.15) is 0 Å². The van der Waals surface area contributed by atoms with Crippen molar-refractivity contribution in [1.82, 2.24) is 14.7 Å². The van der Waals surface area contributed by atoms with E-state index < -0.39 is 5.60 Å². The van der Waals surface area contributed by atoms with E-state index in [4.69, 9.17) is 9.47 Å². The zero-order chi connectivity index (χ0) is 23.3. The molecule has 2 amide bonds. The Morgan fingerprint density at radius 1 is 1.12 bits per heavy atom. The van der Waals surface area contributed by atoms with Crippen LogP contribution in [0.4, 0.5) is 4.79 Å². The van der Waals surface area contributed by atoms with Crippen LogP contribution in [0.2, 0.25) is 0 Å². The number of carbonyl (C=O) groups excluding carboxylic acids is 2. The average Bonchev–Trinajstić information content (AvgIpc) is 2.75. The van der Waals surface area contributed by atoms with Crippen molar-refractivity contribution in [3.63, 3.8) is 0 Å². The lowest BCUT2D eigenvalue weighted by Gasteiger charge is -2.38. The number of carbonyl (C=O) groups is 2. The van der Waals surface area contributed by atoms with Crippen molar-refractivity contribution in [2.45, 2.75) is 65.0 Å². The van der Waals surface area contributed by atoms with E-state index in [1.165, 1.54) is 11.1 Å². The van der Waals surface area contributed by atoms with Crippen LogP contribution in [-0.4, -0.2) is 84.7 Å². The molecule has 7 heteroatoms. The average molecular weight is 446 g/mol. The molecule has 1 heterocycles. The van der Waals surface area contributed by atoms with E-state index in [9.17, 15) is 9.59 Å². The molecule has 178 valence electrons. The van der Waals surface area contributed by atoms with Gasteiger partial charge in [0, 0.05) is 38.8 Å². The molecule has 1 fully saturated rings. The summed E-state index contributed by atoms with van der Waals surface area (Å²) in [6, 6.07) is 6.52. The fraction of sp³-hybridized carbons (Fsp3) is 0.680. The molecule has 1 atom stereocenters. The van der Waals surface area contributed by atoms with Crippen molar-refractivity contribution in [2.75, 3.05) is 46.4 Å². The molecule has 1 aromatic rings. The molecule has 0 aromatic heterocycles. The molecule has 1 saturated heterocycles. The fourth-order valence-electron chi connectivity index (χ4n) is 4.56. The summed E-state index contributed by atoms with van der Waals surface area (Å²) < 4.78 is 10.9. The summed E-state index contributed by atoms with van der Waals surface area (Å²) >= 11 is 0. The second kappa shape index (κ2) is 10.6. The first-order valence-electron chi connectivity index (χ1n) is 11.9. The molecule has 1 unspecified atom stereocenters. The number of piperazine rings is 1. The van der Waals surface area contributed by atoms with Gasteiger partial charge in [0.25, 0.3) is 0 Å².